The number of fused-ring (bicyclic) bond motifs is 1. The molecule has 0 saturated carbocycles. The molecule has 0 fully saturated rings. The zero-order valence-corrected chi connectivity index (χ0v) is 14.6. The Bertz CT molecular complexity index is 899. The SMILES string of the molecule is C[C@H]1Cc2ccccc2N1C(=O)COC(=O)c1ccc([N+](=O)[O-])cc1Cl. The van der Waals surface area contributed by atoms with Crippen LogP contribution in [-0.4, -0.2) is 29.4 Å². The molecule has 8 heteroatoms. The first-order chi connectivity index (χ1) is 12.4. The van der Waals surface area contributed by atoms with Gasteiger partial charge in [0, 0.05) is 23.9 Å². The van der Waals surface area contributed by atoms with Crippen molar-refractivity contribution in [3.63, 3.8) is 0 Å². The summed E-state index contributed by atoms with van der Waals surface area (Å²) in [6.45, 7) is 1.48. The Balaban J connectivity index is 1.68. The van der Waals surface area contributed by atoms with Crippen LogP contribution in [0.5, 0.6) is 0 Å². The summed E-state index contributed by atoms with van der Waals surface area (Å²) in [5, 5.41) is 10.6. The second-order valence-electron chi connectivity index (χ2n) is 5.94. The fourth-order valence-electron chi connectivity index (χ4n) is 3.00. The van der Waals surface area contributed by atoms with Crippen molar-refractivity contribution in [1.29, 1.82) is 0 Å². The lowest BCUT2D eigenvalue weighted by atomic mass is 10.1. The van der Waals surface area contributed by atoms with Crippen molar-refractivity contribution in [3.05, 3.63) is 68.7 Å². The molecule has 0 bridgehead atoms. The predicted octanol–water partition coefficient (Wildman–Crippen LogP) is 3.38. The first-order valence-corrected chi connectivity index (χ1v) is 8.27. The van der Waals surface area contributed by atoms with E-state index in [0.29, 0.717) is 0 Å². The molecule has 1 aliphatic heterocycles. The minimum atomic E-state index is -0.807. The second kappa shape index (κ2) is 7.13. The molecule has 0 aromatic heterocycles. The molecule has 0 spiro atoms. The quantitative estimate of drug-likeness (QED) is 0.465. The maximum atomic E-state index is 12.5. The number of non-ortho nitro benzene ring substituents is 1. The van der Waals surface area contributed by atoms with Crippen LogP contribution in [0.2, 0.25) is 5.02 Å². The highest BCUT2D eigenvalue weighted by Crippen LogP contribution is 2.32. The van der Waals surface area contributed by atoms with Gasteiger partial charge in [0.25, 0.3) is 11.6 Å². The third kappa shape index (κ3) is 3.39. The van der Waals surface area contributed by atoms with Crippen LogP contribution < -0.4 is 4.90 Å². The molecule has 0 unspecified atom stereocenters. The van der Waals surface area contributed by atoms with Crippen LogP contribution in [-0.2, 0) is 16.0 Å². The Kier molecular flexibility index (Phi) is 4.90. The number of nitrogens with zero attached hydrogens (tertiary/aromatic N) is 2. The molecule has 1 aliphatic rings. The van der Waals surface area contributed by atoms with Crippen LogP contribution in [0.3, 0.4) is 0 Å². The number of hydrogen-bond donors (Lipinski definition) is 0. The molecule has 1 atom stereocenters. The average Bonchev–Trinajstić information content (AvgIpc) is 2.95. The first-order valence-electron chi connectivity index (χ1n) is 7.89. The van der Waals surface area contributed by atoms with Gasteiger partial charge in [-0.1, -0.05) is 29.8 Å². The predicted molar refractivity (Wildman–Crippen MR) is 95.5 cm³/mol. The van der Waals surface area contributed by atoms with E-state index in [2.05, 4.69) is 0 Å². The number of benzene rings is 2. The lowest BCUT2D eigenvalue weighted by molar-refractivity contribution is -0.384. The Morgan fingerprint density at radius 2 is 2.04 bits per heavy atom. The maximum absolute atomic E-state index is 12.5. The van der Waals surface area contributed by atoms with Crippen molar-refractivity contribution in [2.45, 2.75) is 19.4 Å². The molecule has 0 radical (unpaired) electrons. The van der Waals surface area contributed by atoms with Crippen molar-refractivity contribution >= 4 is 34.9 Å². The van der Waals surface area contributed by atoms with Crippen LogP contribution in [0.1, 0.15) is 22.8 Å². The second-order valence-corrected chi connectivity index (χ2v) is 6.35. The number of ether oxygens (including phenoxy) is 1. The minimum Gasteiger partial charge on any atom is -0.452 e. The number of para-hydroxylation sites is 1. The van der Waals surface area contributed by atoms with E-state index in [-0.39, 0.29) is 28.2 Å². The van der Waals surface area contributed by atoms with E-state index in [0.717, 1.165) is 29.8 Å². The van der Waals surface area contributed by atoms with Gasteiger partial charge < -0.3 is 9.64 Å². The number of nitro groups is 1. The van der Waals surface area contributed by atoms with Crippen molar-refractivity contribution in [2.75, 3.05) is 11.5 Å². The van der Waals surface area contributed by atoms with E-state index in [1.165, 1.54) is 6.07 Å². The van der Waals surface area contributed by atoms with Crippen molar-refractivity contribution < 1.29 is 19.2 Å². The molecule has 1 heterocycles. The molecular weight excluding hydrogens is 360 g/mol. The molecule has 26 heavy (non-hydrogen) atoms. The third-order valence-corrected chi connectivity index (χ3v) is 4.50. The number of carbonyl (C=O) groups is 2. The summed E-state index contributed by atoms with van der Waals surface area (Å²) < 4.78 is 5.06. The van der Waals surface area contributed by atoms with Gasteiger partial charge in [0.05, 0.1) is 15.5 Å². The summed E-state index contributed by atoms with van der Waals surface area (Å²) in [4.78, 5) is 36.4. The van der Waals surface area contributed by atoms with Crippen molar-refractivity contribution in [1.82, 2.24) is 0 Å². The van der Waals surface area contributed by atoms with Crippen LogP contribution in [0.15, 0.2) is 42.5 Å². The van der Waals surface area contributed by atoms with Gasteiger partial charge in [0.2, 0.25) is 0 Å². The van der Waals surface area contributed by atoms with Gasteiger partial charge in [-0.25, -0.2) is 4.79 Å². The van der Waals surface area contributed by atoms with Gasteiger partial charge in [0.15, 0.2) is 6.61 Å². The molecule has 0 saturated heterocycles. The average molecular weight is 375 g/mol. The normalized spacial score (nSPS) is 15.5. The fraction of sp³-hybridized carbons (Fsp3) is 0.222. The molecule has 0 aliphatic carbocycles. The van der Waals surface area contributed by atoms with E-state index in [9.17, 15) is 19.7 Å². The molecular formula is C18H15ClN2O5. The molecule has 0 N–H and O–H groups in total. The highest BCUT2D eigenvalue weighted by Gasteiger charge is 2.31. The van der Waals surface area contributed by atoms with Gasteiger partial charge in [-0.15, -0.1) is 0 Å². The van der Waals surface area contributed by atoms with Gasteiger partial charge in [0.1, 0.15) is 0 Å². The number of nitro benzene ring substituents is 1. The summed E-state index contributed by atoms with van der Waals surface area (Å²) in [6, 6.07) is 11.0. The van der Waals surface area contributed by atoms with Crippen LogP contribution in [0.4, 0.5) is 11.4 Å². The highest BCUT2D eigenvalue weighted by atomic mass is 35.5. The monoisotopic (exact) mass is 374 g/mol. The minimum absolute atomic E-state index is 0.0263. The van der Waals surface area contributed by atoms with Crippen molar-refractivity contribution in [3.8, 4) is 0 Å². The van der Waals surface area contributed by atoms with Gasteiger partial charge >= 0.3 is 5.97 Å². The largest absolute Gasteiger partial charge is 0.452 e. The number of anilines is 1. The smallest absolute Gasteiger partial charge is 0.340 e. The maximum Gasteiger partial charge on any atom is 0.340 e. The summed E-state index contributed by atoms with van der Waals surface area (Å²) in [5.41, 5.74) is 1.62. The van der Waals surface area contributed by atoms with Crippen LogP contribution in [0.25, 0.3) is 0 Å². The Morgan fingerprint density at radius 3 is 2.73 bits per heavy atom. The molecule has 134 valence electrons. The molecule has 2 aromatic carbocycles. The lowest BCUT2D eigenvalue weighted by Crippen LogP contribution is -2.38. The number of amides is 1. The fourth-order valence-corrected chi connectivity index (χ4v) is 3.26. The van der Waals surface area contributed by atoms with Crippen LogP contribution in [0, 0.1) is 10.1 Å². The van der Waals surface area contributed by atoms with E-state index in [1.807, 2.05) is 31.2 Å². The van der Waals surface area contributed by atoms with E-state index >= 15 is 0 Å². The lowest BCUT2D eigenvalue weighted by Gasteiger charge is -2.22. The zero-order valence-electron chi connectivity index (χ0n) is 13.8. The highest BCUT2D eigenvalue weighted by molar-refractivity contribution is 6.33. The summed E-state index contributed by atoms with van der Waals surface area (Å²) in [5.74, 6) is -1.15. The zero-order chi connectivity index (χ0) is 18.8. The number of hydrogen-bond acceptors (Lipinski definition) is 5. The summed E-state index contributed by atoms with van der Waals surface area (Å²) >= 11 is 5.90. The number of esters is 1. The van der Waals surface area contributed by atoms with E-state index in [4.69, 9.17) is 16.3 Å². The summed E-state index contributed by atoms with van der Waals surface area (Å²) in [6.07, 6.45) is 0.740. The van der Waals surface area contributed by atoms with Gasteiger partial charge in [-0.2, -0.15) is 0 Å². The van der Waals surface area contributed by atoms with Crippen molar-refractivity contribution in [2.24, 2.45) is 0 Å². The number of rotatable bonds is 4. The standard InChI is InChI=1S/C18H15ClN2O5/c1-11-8-12-4-2-3-5-16(12)20(11)17(22)10-26-18(23)14-7-6-13(21(24)25)9-15(14)19/h2-7,9,11H,8,10H2,1H3/t11-/m0/s1. The number of halogens is 1. The van der Waals surface area contributed by atoms with E-state index < -0.39 is 17.5 Å². The topological polar surface area (TPSA) is 89.8 Å². The number of carbonyl (C=O) groups excluding carboxylic acids is 2. The molecule has 2 aromatic rings. The van der Waals surface area contributed by atoms with Gasteiger partial charge in [-0.3, -0.25) is 14.9 Å². The Hall–Kier alpha value is -2.93. The Morgan fingerprint density at radius 1 is 1.31 bits per heavy atom. The van der Waals surface area contributed by atoms with E-state index in [1.54, 1.807) is 4.90 Å². The summed E-state index contributed by atoms with van der Waals surface area (Å²) in [7, 11) is 0. The van der Waals surface area contributed by atoms with Crippen LogP contribution >= 0.6 is 11.6 Å². The first kappa shape index (κ1) is 17.9. The molecule has 7 nitrogen and oxygen atoms in total. The Labute approximate surface area is 154 Å². The molecule has 1 amide bonds. The van der Waals surface area contributed by atoms with Gasteiger partial charge in [-0.05, 0) is 31.0 Å². The third-order valence-electron chi connectivity index (χ3n) is 4.19. The molecule has 3 rings (SSSR count).